The molecule has 0 fully saturated rings. The number of nitrogens with one attached hydrogen (secondary N) is 2. The van der Waals surface area contributed by atoms with E-state index in [1.165, 1.54) is 5.56 Å². The van der Waals surface area contributed by atoms with Crippen molar-refractivity contribution >= 4 is 16.0 Å². The lowest BCUT2D eigenvalue weighted by Gasteiger charge is -2.24. The Bertz CT molecular complexity index is 904. The van der Waals surface area contributed by atoms with Gasteiger partial charge in [0.05, 0.1) is 4.90 Å². The molecule has 0 aliphatic rings. The molecule has 0 radical (unpaired) electrons. The van der Waals surface area contributed by atoms with Crippen molar-refractivity contribution < 1.29 is 8.42 Å². The minimum atomic E-state index is -3.62. The van der Waals surface area contributed by atoms with Crippen LogP contribution in [-0.4, -0.2) is 38.9 Å². The van der Waals surface area contributed by atoms with Crippen molar-refractivity contribution in [1.29, 1.82) is 0 Å². The van der Waals surface area contributed by atoms with Crippen molar-refractivity contribution in [1.82, 2.24) is 14.9 Å². The van der Waals surface area contributed by atoms with Crippen LogP contribution in [0.5, 0.6) is 0 Å². The van der Waals surface area contributed by atoms with Crippen LogP contribution in [0.1, 0.15) is 31.9 Å². The minimum Gasteiger partial charge on any atom is -0.352 e. The zero-order valence-electron chi connectivity index (χ0n) is 17.2. The number of hydrogen-bond acceptors (Lipinski definition) is 3. The summed E-state index contributed by atoms with van der Waals surface area (Å²) in [5.41, 5.74) is 1.31. The van der Waals surface area contributed by atoms with Crippen molar-refractivity contribution in [3.05, 3.63) is 65.7 Å². The Morgan fingerprint density at radius 2 is 1.64 bits per heavy atom. The summed E-state index contributed by atoms with van der Waals surface area (Å²) < 4.78 is 28.3. The summed E-state index contributed by atoms with van der Waals surface area (Å²) in [6, 6.07) is 17.1. The van der Waals surface area contributed by atoms with Crippen LogP contribution in [0.3, 0.4) is 0 Å². The lowest BCUT2D eigenvalue weighted by atomic mass is 10.1. The molecule has 0 heterocycles. The first kappa shape index (κ1) is 21.9. The molecule has 152 valence electrons. The number of benzene rings is 2. The fourth-order valence-corrected chi connectivity index (χ4v) is 4.52. The molecule has 2 aromatic carbocycles. The highest BCUT2D eigenvalue weighted by atomic mass is 32.2. The maximum Gasteiger partial charge on any atom is 0.241 e. The zero-order valence-corrected chi connectivity index (χ0v) is 18.0. The quantitative estimate of drug-likeness (QED) is 0.575. The Morgan fingerprint density at radius 3 is 2.25 bits per heavy atom. The maximum atomic E-state index is 12.8. The van der Waals surface area contributed by atoms with Gasteiger partial charge in [0.1, 0.15) is 0 Å². The van der Waals surface area contributed by atoms with Crippen LogP contribution < -0.4 is 10.0 Å². The van der Waals surface area contributed by atoms with E-state index < -0.39 is 15.6 Å². The molecule has 0 saturated carbocycles. The van der Waals surface area contributed by atoms with Crippen LogP contribution >= 0.6 is 0 Å². The van der Waals surface area contributed by atoms with E-state index in [2.05, 4.69) is 27.2 Å². The molecule has 2 aromatic rings. The van der Waals surface area contributed by atoms with Gasteiger partial charge in [0.25, 0.3) is 0 Å². The second-order valence-corrected chi connectivity index (χ2v) is 9.36. The first-order valence-electron chi connectivity index (χ1n) is 9.20. The largest absolute Gasteiger partial charge is 0.352 e. The van der Waals surface area contributed by atoms with Gasteiger partial charge in [-0.2, -0.15) is 0 Å². The molecule has 6 nitrogen and oxygen atoms in total. The first-order chi connectivity index (χ1) is 13.1. The lowest BCUT2D eigenvalue weighted by molar-refractivity contribution is 0.475. The summed E-state index contributed by atoms with van der Waals surface area (Å²) >= 11 is 0. The number of rotatable bonds is 6. The second kappa shape index (κ2) is 9.21. The average molecular weight is 403 g/mol. The zero-order chi connectivity index (χ0) is 20.8. The molecular weight excluding hydrogens is 372 g/mol. The van der Waals surface area contributed by atoms with Crippen molar-refractivity contribution in [3.63, 3.8) is 0 Å². The number of nitrogens with zero attached hydrogens (tertiary/aromatic N) is 2. The summed E-state index contributed by atoms with van der Waals surface area (Å²) in [6.07, 6.45) is 0. The van der Waals surface area contributed by atoms with Gasteiger partial charge in [0.15, 0.2) is 5.96 Å². The third-order valence-corrected chi connectivity index (χ3v) is 5.83. The fourth-order valence-electron chi connectivity index (χ4n) is 2.86. The van der Waals surface area contributed by atoms with Gasteiger partial charge in [-0.3, -0.25) is 4.99 Å². The highest BCUT2D eigenvalue weighted by molar-refractivity contribution is 7.89. The van der Waals surface area contributed by atoms with Gasteiger partial charge < -0.3 is 10.2 Å². The Kier molecular flexibility index (Phi) is 7.21. The van der Waals surface area contributed by atoms with Gasteiger partial charge in [-0.1, -0.05) is 48.5 Å². The van der Waals surface area contributed by atoms with Crippen LogP contribution in [0.2, 0.25) is 0 Å². The predicted molar refractivity (Wildman–Crippen MR) is 115 cm³/mol. The standard InChI is InChI=1S/C21H30N4O2S/c1-21(2,3)24-28(26,27)19-14-10-9-13-18(19)15-23-20(22-4)25(5)16-17-11-7-6-8-12-17/h6-14,24H,15-16H2,1-5H3,(H,22,23). The van der Waals surface area contributed by atoms with Crippen LogP contribution in [0.4, 0.5) is 0 Å². The van der Waals surface area contributed by atoms with Gasteiger partial charge in [0.2, 0.25) is 10.0 Å². The molecule has 0 amide bonds. The smallest absolute Gasteiger partial charge is 0.241 e. The monoisotopic (exact) mass is 402 g/mol. The summed E-state index contributed by atoms with van der Waals surface area (Å²) in [6.45, 7) is 6.53. The van der Waals surface area contributed by atoms with E-state index in [9.17, 15) is 8.42 Å². The Balaban J connectivity index is 2.13. The Labute approximate surface area is 168 Å². The molecule has 0 bridgehead atoms. The van der Waals surface area contributed by atoms with Gasteiger partial charge in [-0.15, -0.1) is 0 Å². The Hall–Kier alpha value is -2.38. The van der Waals surface area contributed by atoms with E-state index in [0.29, 0.717) is 24.6 Å². The molecule has 0 spiro atoms. The maximum absolute atomic E-state index is 12.8. The van der Waals surface area contributed by atoms with Gasteiger partial charge in [-0.05, 0) is 38.0 Å². The molecule has 2 rings (SSSR count). The van der Waals surface area contributed by atoms with Gasteiger partial charge in [-0.25, -0.2) is 13.1 Å². The number of sulfonamides is 1. The van der Waals surface area contributed by atoms with Crippen molar-refractivity contribution in [3.8, 4) is 0 Å². The first-order valence-corrected chi connectivity index (χ1v) is 10.7. The SMILES string of the molecule is CN=C(NCc1ccccc1S(=O)(=O)NC(C)(C)C)N(C)Cc1ccccc1. The van der Waals surface area contributed by atoms with Crippen LogP contribution in [0.15, 0.2) is 64.5 Å². The topological polar surface area (TPSA) is 73.8 Å². The molecule has 0 atom stereocenters. The molecule has 28 heavy (non-hydrogen) atoms. The Morgan fingerprint density at radius 1 is 1.04 bits per heavy atom. The summed E-state index contributed by atoms with van der Waals surface area (Å²) in [4.78, 5) is 6.59. The van der Waals surface area contributed by atoms with Crippen LogP contribution in [0.25, 0.3) is 0 Å². The van der Waals surface area contributed by atoms with E-state index >= 15 is 0 Å². The third-order valence-electron chi connectivity index (χ3n) is 3.98. The minimum absolute atomic E-state index is 0.276. The number of aliphatic imine (C=N–C) groups is 1. The van der Waals surface area contributed by atoms with E-state index in [-0.39, 0.29) is 4.90 Å². The molecule has 0 saturated heterocycles. The molecule has 0 aliphatic carbocycles. The average Bonchev–Trinajstić information content (AvgIpc) is 2.61. The highest BCUT2D eigenvalue weighted by Crippen LogP contribution is 2.18. The molecule has 7 heteroatoms. The molecule has 0 aromatic heterocycles. The van der Waals surface area contributed by atoms with E-state index in [0.717, 1.165) is 0 Å². The van der Waals surface area contributed by atoms with Crippen LogP contribution in [-0.2, 0) is 23.1 Å². The molecule has 0 unspecified atom stereocenters. The van der Waals surface area contributed by atoms with Crippen molar-refractivity contribution in [2.75, 3.05) is 14.1 Å². The lowest BCUT2D eigenvalue weighted by Crippen LogP contribution is -2.41. The van der Waals surface area contributed by atoms with Crippen molar-refractivity contribution in [2.24, 2.45) is 4.99 Å². The second-order valence-electron chi connectivity index (χ2n) is 7.71. The number of guanidine groups is 1. The molecular formula is C21H30N4O2S. The molecule has 0 aliphatic heterocycles. The van der Waals surface area contributed by atoms with Crippen LogP contribution in [0, 0.1) is 0 Å². The van der Waals surface area contributed by atoms with Gasteiger partial charge in [0, 0.05) is 32.7 Å². The predicted octanol–water partition coefficient (Wildman–Crippen LogP) is 2.97. The fraction of sp³-hybridized carbons (Fsp3) is 0.381. The number of hydrogen-bond donors (Lipinski definition) is 2. The van der Waals surface area contributed by atoms with Gasteiger partial charge >= 0.3 is 0 Å². The van der Waals surface area contributed by atoms with E-state index in [1.54, 1.807) is 19.2 Å². The third kappa shape index (κ3) is 6.35. The van der Waals surface area contributed by atoms with E-state index in [1.807, 2.05) is 63.1 Å². The normalized spacial score (nSPS) is 12.7. The van der Waals surface area contributed by atoms with Crippen molar-refractivity contribution in [2.45, 2.75) is 44.3 Å². The summed E-state index contributed by atoms with van der Waals surface area (Å²) in [5, 5.41) is 3.26. The summed E-state index contributed by atoms with van der Waals surface area (Å²) in [7, 11) is 0.0509. The summed E-state index contributed by atoms with van der Waals surface area (Å²) in [5.74, 6) is 0.694. The highest BCUT2D eigenvalue weighted by Gasteiger charge is 2.24. The van der Waals surface area contributed by atoms with E-state index in [4.69, 9.17) is 0 Å². The molecule has 2 N–H and O–H groups in total.